The van der Waals surface area contributed by atoms with E-state index in [0.29, 0.717) is 32.4 Å². The van der Waals surface area contributed by atoms with Crippen LogP contribution in [0.1, 0.15) is 18.4 Å². The fraction of sp³-hybridized carbons (Fsp3) is 0.455. The minimum absolute atomic E-state index is 0.162. The van der Waals surface area contributed by atoms with Crippen molar-refractivity contribution >= 4 is 23.0 Å². The van der Waals surface area contributed by atoms with Gasteiger partial charge >= 0.3 is 0 Å². The lowest BCUT2D eigenvalue weighted by atomic mass is 10.1. The molecule has 1 amide bonds. The molecule has 5 heteroatoms. The molecule has 1 N–H and O–H groups in total. The maximum absolute atomic E-state index is 11.9. The van der Waals surface area contributed by atoms with Gasteiger partial charge in [-0.2, -0.15) is 11.3 Å². The maximum Gasteiger partial charge on any atom is 0.227 e. The molecule has 0 atom stereocenters. The van der Waals surface area contributed by atoms with Gasteiger partial charge in [-0.25, -0.2) is 0 Å². The fourth-order valence-electron chi connectivity index (χ4n) is 1.79. The van der Waals surface area contributed by atoms with Crippen LogP contribution in [0.15, 0.2) is 22.0 Å². The van der Waals surface area contributed by atoms with E-state index >= 15 is 0 Å². The van der Waals surface area contributed by atoms with E-state index in [1.165, 1.54) is 0 Å². The van der Waals surface area contributed by atoms with E-state index in [9.17, 15) is 4.79 Å². The first kappa shape index (κ1) is 11.1. The molecule has 1 aromatic rings. The van der Waals surface area contributed by atoms with Crippen molar-refractivity contribution in [1.82, 2.24) is 4.90 Å². The second-order valence-corrected chi connectivity index (χ2v) is 4.64. The summed E-state index contributed by atoms with van der Waals surface area (Å²) in [4.78, 5) is 13.7. The number of carbonyl (C=O) groups excluding carboxylic acids is 1. The van der Waals surface area contributed by atoms with Crippen molar-refractivity contribution in [3.05, 3.63) is 22.4 Å². The largest absolute Gasteiger partial charge is 0.411 e. The molecular formula is C11H14N2O2S. The van der Waals surface area contributed by atoms with Crippen LogP contribution in [0.4, 0.5) is 0 Å². The van der Waals surface area contributed by atoms with Crippen molar-refractivity contribution in [3.63, 3.8) is 0 Å². The highest BCUT2D eigenvalue weighted by Crippen LogP contribution is 2.12. The summed E-state index contributed by atoms with van der Waals surface area (Å²) in [7, 11) is 0. The molecular weight excluding hydrogens is 224 g/mol. The van der Waals surface area contributed by atoms with E-state index in [0.717, 1.165) is 11.3 Å². The minimum atomic E-state index is 0.162. The second-order valence-electron chi connectivity index (χ2n) is 3.86. The Morgan fingerprint density at radius 3 is 2.81 bits per heavy atom. The third-order valence-electron chi connectivity index (χ3n) is 2.77. The third-order valence-corrected chi connectivity index (χ3v) is 3.50. The van der Waals surface area contributed by atoms with Crippen molar-refractivity contribution in [3.8, 4) is 0 Å². The predicted octanol–water partition coefficient (Wildman–Crippen LogP) is 1.74. The number of carbonyl (C=O) groups is 1. The molecule has 0 unspecified atom stereocenters. The third kappa shape index (κ3) is 2.61. The summed E-state index contributed by atoms with van der Waals surface area (Å²) in [6.07, 6.45) is 1.85. The molecule has 1 aromatic heterocycles. The van der Waals surface area contributed by atoms with Gasteiger partial charge in [0.2, 0.25) is 5.91 Å². The molecule has 2 heterocycles. The summed E-state index contributed by atoms with van der Waals surface area (Å²) >= 11 is 1.61. The predicted molar refractivity (Wildman–Crippen MR) is 63.1 cm³/mol. The summed E-state index contributed by atoms with van der Waals surface area (Å²) in [5.41, 5.74) is 1.87. The first-order chi connectivity index (χ1) is 7.79. The maximum atomic E-state index is 11.9. The van der Waals surface area contributed by atoms with E-state index in [4.69, 9.17) is 5.21 Å². The van der Waals surface area contributed by atoms with Crippen LogP contribution in [0.5, 0.6) is 0 Å². The molecule has 0 spiro atoms. The molecule has 86 valence electrons. The smallest absolute Gasteiger partial charge is 0.227 e. The average Bonchev–Trinajstić information content (AvgIpc) is 2.82. The fourth-order valence-corrected chi connectivity index (χ4v) is 2.46. The van der Waals surface area contributed by atoms with Gasteiger partial charge in [-0.05, 0) is 22.4 Å². The van der Waals surface area contributed by atoms with Crippen molar-refractivity contribution < 1.29 is 10.0 Å². The number of thiophene rings is 1. The standard InChI is InChI=1S/C11H14N2O2S/c14-11(7-9-3-6-16-8-9)13-4-1-10(12-15)2-5-13/h3,6,8,15H,1-2,4-5,7H2. The van der Waals surface area contributed by atoms with Gasteiger partial charge < -0.3 is 10.1 Å². The van der Waals surface area contributed by atoms with Gasteiger partial charge in [-0.1, -0.05) is 5.16 Å². The molecule has 0 saturated carbocycles. The Morgan fingerprint density at radius 2 is 2.25 bits per heavy atom. The molecule has 1 aliphatic heterocycles. The molecule has 2 rings (SSSR count). The first-order valence-corrected chi connectivity index (χ1v) is 6.22. The topological polar surface area (TPSA) is 52.9 Å². The molecule has 1 aliphatic rings. The highest BCUT2D eigenvalue weighted by Gasteiger charge is 2.20. The Labute approximate surface area is 98.2 Å². The number of likely N-dealkylation sites (tertiary alicyclic amines) is 1. The molecule has 0 aromatic carbocycles. The van der Waals surface area contributed by atoms with Crippen LogP contribution in [0.2, 0.25) is 0 Å². The lowest BCUT2D eigenvalue weighted by molar-refractivity contribution is -0.130. The van der Waals surface area contributed by atoms with Gasteiger partial charge in [-0.15, -0.1) is 0 Å². The van der Waals surface area contributed by atoms with Gasteiger partial charge in [0.25, 0.3) is 0 Å². The van der Waals surface area contributed by atoms with Crippen LogP contribution >= 0.6 is 11.3 Å². The van der Waals surface area contributed by atoms with Crippen molar-refractivity contribution in [2.45, 2.75) is 19.3 Å². The summed E-state index contributed by atoms with van der Waals surface area (Å²) in [5, 5.41) is 15.8. The molecule has 16 heavy (non-hydrogen) atoms. The summed E-state index contributed by atoms with van der Waals surface area (Å²) in [6.45, 7) is 1.34. The Kier molecular flexibility index (Phi) is 3.56. The zero-order valence-corrected chi connectivity index (χ0v) is 9.74. The zero-order chi connectivity index (χ0) is 11.4. The van der Waals surface area contributed by atoms with Gasteiger partial charge in [0.05, 0.1) is 12.1 Å². The first-order valence-electron chi connectivity index (χ1n) is 5.28. The number of rotatable bonds is 2. The van der Waals surface area contributed by atoms with Gasteiger partial charge in [-0.3, -0.25) is 4.79 Å². The van der Waals surface area contributed by atoms with Crippen LogP contribution in [-0.2, 0) is 11.2 Å². The Hall–Kier alpha value is -1.36. The van der Waals surface area contributed by atoms with Crippen LogP contribution in [0, 0.1) is 0 Å². The Bertz CT molecular complexity index is 377. The average molecular weight is 238 g/mol. The number of hydrogen-bond acceptors (Lipinski definition) is 4. The summed E-state index contributed by atoms with van der Waals surface area (Å²) in [6, 6.07) is 1.98. The Balaban J connectivity index is 1.87. The van der Waals surface area contributed by atoms with E-state index < -0.39 is 0 Å². The number of nitrogens with zero attached hydrogens (tertiary/aromatic N) is 2. The number of hydrogen-bond donors (Lipinski definition) is 1. The van der Waals surface area contributed by atoms with E-state index in [1.807, 2.05) is 21.7 Å². The lowest BCUT2D eigenvalue weighted by Gasteiger charge is -2.27. The highest BCUT2D eigenvalue weighted by atomic mass is 32.1. The van der Waals surface area contributed by atoms with Gasteiger partial charge in [0, 0.05) is 25.9 Å². The number of oxime groups is 1. The molecule has 4 nitrogen and oxygen atoms in total. The van der Waals surface area contributed by atoms with Crippen LogP contribution < -0.4 is 0 Å². The minimum Gasteiger partial charge on any atom is -0.411 e. The van der Waals surface area contributed by atoms with Crippen molar-refractivity contribution in [1.29, 1.82) is 0 Å². The zero-order valence-electron chi connectivity index (χ0n) is 8.93. The van der Waals surface area contributed by atoms with E-state index in [-0.39, 0.29) is 5.91 Å². The molecule has 1 saturated heterocycles. The van der Waals surface area contributed by atoms with Crippen molar-refractivity contribution in [2.75, 3.05) is 13.1 Å². The van der Waals surface area contributed by atoms with Crippen LogP contribution in [0.25, 0.3) is 0 Å². The normalized spacial score (nSPS) is 16.2. The number of piperidine rings is 1. The van der Waals surface area contributed by atoms with Gasteiger partial charge in [0.15, 0.2) is 0 Å². The van der Waals surface area contributed by atoms with E-state index in [1.54, 1.807) is 11.3 Å². The van der Waals surface area contributed by atoms with Crippen LogP contribution in [0.3, 0.4) is 0 Å². The highest BCUT2D eigenvalue weighted by molar-refractivity contribution is 7.07. The molecule has 0 radical (unpaired) electrons. The van der Waals surface area contributed by atoms with Crippen molar-refractivity contribution in [2.24, 2.45) is 5.16 Å². The summed E-state index contributed by atoms with van der Waals surface area (Å²) < 4.78 is 0. The Morgan fingerprint density at radius 1 is 1.50 bits per heavy atom. The molecule has 0 bridgehead atoms. The summed E-state index contributed by atoms with van der Waals surface area (Å²) in [5.74, 6) is 0.162. The molecule has 1 fully saturated rings. The quantitative estimate of drug-likeness (QED) is 0.630. The monoisotopic (exact) mass is 238 g/mol. The van der Waals surface area contributed by atoms with E-state index in [2.05, 4.69) is 5.16 Å². The SMILES string of the molecule is O=C(Cc1ccsc1)N1CCC(=NO)CC1. The second kappa shape index (κ2) is 5.12. The van der Waals surface area contributed by atoms with Crippen LogP contribution in [-0.4, -0.2) is 34.8 Å². The van der Waals surface area contributed by atoms with Gasteiger partial charge in [0.1, 0.15) is 0 Å². The lowest BCUT2D eigenvalue weighted by Crippen LogP contribution is -2.39. The molecule has 0 aliphatic carbocycles. The number of amides is 1.